The lowest BCUT2D eigenvalue weighted by Crippen LogP contribution is -2.63. The van der Waals surface area contributed by atoms with Gasteiger partial charge in [-0.2, -0.15) is 0 Å². The molecular formula is C6H6N4O2. The minimum Gasteiger partial charge on any atom is -0.308 e. The number of fused-ring (bicyclic) bond motifs is 1. The van der Waals surface area contributed by atoms with Crippen LogP contribution in [0.4, 0.5) is 4.79 Å². The maximum absolute atomic E-state index is 11.1. The Morgan fingerprint density at radius 3 is 3.00 bits per heavy atom. The fourth-order valence-electron chi connectivity index (χ4n) is 1.17. The molecule has 0 spiro atoms. The van der Waals surface area contributed by atoms with Gasteiger partial charge in [-0.05, 0) is 6.92 Å². The van der Waals surface area contributed by atoms with Crippen LogP contribution >= 0.6 is 0 Å². The highest BCUT2D eigenvalue weighted by atomic mass is 16.2. The van der Waals surface area contributed by atoms with Crippen molar-refractivity contribution in [1.29, 1.82) is 0 Å². The molecule has 62 valence electrons. The average molecular weight is 166 g/mol. The van der Waals surface area contributed by atoms with E-state index in [1.165, 1.54) is 6.34 Å². The van der Waals surface area contributed by atoms with Gasteiger partial charge in [0.25, 0.3) is 5.91 Å². The molecule has 0 aliphatic carbocycles. The van der Waals surface area contributed by atoms with Crippen molar-refractivity contribution in [3.63, 3.8) is 0 Å². The predicted octanol–water partition coefficient (Wildman–Crippen LogP) is -0.975. The molecule has 1 unspecified atom stereocenters. The van der Waals surface area contributed by atoms with Gasteiger partial charge < -0.3 is 5.32 Å². The van der Waals surface area contributed by atoms with Crippen molar-refractivity contribution in [3.05, 3.63) is 0 Å². The molecule has 2 rings (SSSR count). The van der Waals surface area contributed by atoms with Gasteiger partial charge in [0.05, 0.1) is 0 Å². The van der Waals surface area contributed by atoms with Crippen molar-refractivity contribution >= 4 is 24.0 Å². The largest absolute Gasteiger partial charge is 0.323 e. The van der Waals surface area contributed by atoms with Crippen molar-refractivity contribution in [2.24, 2.45) is 9.98 Å². The van der Waals surface area contributed by atoms with E-state index in [1.807, 2.05) is 0 Å². The van der Waals surface area contributed by atoms with Crippen molar-refractivity contribution in [3.8, 4) is 0 Å². The van der Waals surface area contributed by atoms with Crippen LogP contribution in [-0.4, -0.2) is 29.7 Å². The van der Waals surface area contributed by atoms with Crippen LogP contribution in [0.3, 0.4) is 0 Å². The zero-order valence-electron chi connectivity index (χ0n) is 6.29. The fraction of sp³-hybridized carbons (Fsp3) is 0.333. The summed E-state index contributed by atoms with van der Waals surface area (Å²) in [6, 6.07) is -0.541. The molecule has 1 fully saturated rings. The highest BCUT2D eigenvalue weighted by molar-refractivity contribution is 6.48. The first kappa shape index (κ1) is 6.96. The first-order valence-corrected chi connectivity index (χ1v) is 3.37. The summed E-state index contributed by atoms with van der Waals surface area (Å²) >= 11 is 0. The van der Waals surface area contributed by atoms with Gasteiger partial charge in [-0.25, -0.2) is 14.8 Å². The van der Waals surface area contributed by atoms with Gasteiger partial charge in [-0.1, -0.05) is 0 Å². The molecule has 0 aromatic carbocycles. The molecule has 0 bridgehead atoms. The smallest absolute Gasteiger partial charge is 0.308 e. The van der Waals surface area contributed by atoms with Crippen molar-refractivity contribution in [2.45, 2.75) is 12.6 Å². The fourth-order valence-corrected chi connectivity index (χ4v) is 1.17. The Kier molecular flexibility index (Phi) is 1.10. The summed E-state index contributed by atoms with van der Waals surface area (Å²) in [5.74, 6) is -0.487. The zero-order valence-corrected chi connectivity index (χ0v) is 6.29. The molecule has 2 N–H and O–H groups in total. The monoisotopic (exact) mass is 166 g/mol. The van der Waals surface area contributed by atoms with E-state index in [0.717, 1.165) is 0 Å². The summed E-state index contributed by atoms with van der Waals surface area (Å²) in [5.41, 5.74) is -0.735. The molecule has 6 heteroatoms. The number of rotatable bonds is 0. The Morgan fingerprint density at radius 2 is 2.25 bits per heavy atom. The summed E-state index contributed by atoms with van der Waals surface area (Å²) in [4.78, 5) is 29.6. The minimum atomic E-state index is -0.959. The molecule has 1 atom stereocenters. The molecule has 12 heavy (non-hydrogen) atoms. The van der Waals surface area contributed by atoms with Crippen LogP contribution in [0.5, 0.6) is 0 Å². The lowest BCUT2D eigenvalue weighted by Gasteiger charge is -2.27. The van der Waals surface area contributed by atoms with Crippen LogP contribution in [0.1, 0.15) is 6.92 Å². The Labute approximate surface area is 67.8 Å². The molecule has 0 aromatic heterocycles. The number of amides is 3. The second-order valence-electron chi connectivity index (χ2n) is 2.70. The van der Waals surface area contributed by atoms with E-state index in [4.69, 9.17) is 0 Å². The van der Waals surface area contributed by atoms with E-state index in [9.17, 15) is 9.59 Å². The average Bonchev–Trinajstić information content (AvgIpc) is 2.29. The van der Waals surface area contributed by atoms with Crippen molar-refractivity contribution < 1.29 is 9.59 Å². The second-order valence-corrected chi connectivity index (χ2v) is 2.70. The topological polar surface area (TPSA) is 82.9 Å². The van der Waals surface area contributed by atoms with E-state index >= 15 is 0 Å². The number of urea groups is 1. The lowest BCUT2D eigenvalue weighted by atomic mass is 10.1. The van der Waals surface area contributed by atoms with Gasteiger partial charge in [0.1, 0.15) is 6.34 Å². The van der Waals surface area contributed by atoms with Crippen molar-refractivity contribution in [1.82, 2.24) is 10.6 Å². The Balaban J connectivity index is 2.43. The molecule has 0 aromatic rings. The number of aliphatic imine (C=N–C) groups is 2. The van der Waals surface area contributed by atoms with Crippen LogP contribution in [0.15, 0.2) is 9.98 Å². The van der Waals surface area contributed by atoms with Gasteiger partial charge in [-0.15, -0.1) is 0 Å². The van der Waals surface area contributed by atoms with Gasteiger partial charge in [0.15, 0.2) is 11.4 Å². The van der Waals surface area contributed by atoms with Crippen LogP contribution in [0.2, 0.25) is 0 Å². The molecule has 0 radical (unpaired) electrons. The van der Waals surface area contributed by atoms with Gasteiger partial charge in [0, 0.05) is 0 Å². The maximum Gasteiger partial charge on any atom is 0.323 e. The van der Waals surface area contributed by atoms with E-state index in [2.05, 4.69) is 20.6 Å². The minimum absolute atomic E-state index is 0.224. The molecule has 2 heterocycles. The SMILES string of the molecule is CC12N=CN=C1C(=O)NC(=O)N2. The first-order chi connectivity index (χ1) is 5.62. The molecule has 1 saturated heterocycles. The molecule has 0 saturated carbocycles. The molecule has 2 aliphatic heterocycles. The summed E-state index contributed by atoms with van der Waals surface area (Å²) in [6.07, 6.45) is 1.26. The lowest BCUT2D eigenvalue weighted by molar-refractivity contribution is -0.114. The highest BCUT2D eigenvalue weighted by Gasteiger charge is 2.43. The van der Waals surface area contributed by atoms with Crippen LogP contribution in [0.25, 0.3) is 0 Å². The van der Waals surface area contributed by atoms with Crippen LogP contribution in [-0.2, 0) is 4.79 Å². The normalized spacial score (nSPS) is 32.2. The third kappa shape index (κ3) is 0.744. The Morgan fingerprint density at radius 1 is 1.50 bits per heavy atom. The maximum atomic E-state index is 11.1. The van der Waals surface area contributed by atoms with Crippen LogP contribution < -0.4 is 10.6 Å². The summed E-state index contributed by atoms with van der Waals surface area (Å²) in [7, 11) is 0. The van der Waals surface area contributed by atoms with Gasteiger partial charge >= 0.3 is 6.03 Å². The Bertz CT molecular complexity index is 332. The zero-order chi connectivity index (χ0) is 8.77. The highest BCUT2D eigenvalue weighted by Crippen LogP contribution is 2.15. The standard InChI is InChI=1S/C6H6N4O2/c1-6-3(7-2-8-6)4(11)9-5(12)10-6/h2H,1H3,(H2,9,10,11,12). The van der Waals surface area contributed by atoms with E-state index < -0.39 is 17.6 Å². The third-order valence-electron chi connectivity index (χ3n) is 1.76. The Hall–Kier alpha value is -1.72. The molecule has 2 aliphatic rings. The molecule has 6 nitrogen and oxygen atoms in total. The second kappa shape index (κ2) is 1.90. The third-order valence-corrected chi connectivity index (χ3v) is 1.76. The first-order valence-electron chi connectivity index (χ1n) is 3.37. The number of nitrogens with zero attached hydrogens (tertiary/aromatic N) is 2. The molecule has 3 amide bonds. The van der Waals surface area contributed by atoms with Gasteiger partial charge in [-0.3, -0.25) is 10.1 Å². The van der Waals surface area contributed by atoms with Crippen molar-refractivity contribution in [2.75, 3.05) is 0 Å². The van der Waals surface area contributed by atoms with E-state index in [-0.39, 0.29) is 5.71 Å². The summed E-state index contributed by atoms with van der Waals surface area (Å²) < 4.78 is 0. The van der Waals surface area contributed by atoms with E-state index in [0.29, 0.717) is 0 Å². The molecular weight excluding hydrogens is 160 g/mol. The number of nitrogens with one attached hydrogen (secondary N) is 2. The predicted molar refractivity (Wildman–Crippen MR) is 41.0 cm³/mol. The number of hydrogen-bond donors (Lipinski definition) is 2. The number of carbonyl (C=O) groups excluding carboxylic acids is 2. The summed E-state index contributed by atoms with van der Waals surface area (Å²) in [6.45, 7) is 1.62. The number of carbonyl (C=O) groups is 2. The number of imide groups is 1. The van der Waals surface area contributed by atoms with Crippen LogP contribution in [0, 0.1) is 0 Å². The van der Waals surface area contributed by atoms with E-state index in [1.54, 1.807) is 6.92 Å². The quantitative estimate of drug-likeness (QED) is 0.485. The summed E-state index contributed by atoms with van der Waals surface area (Å²) in [5, 5.41) is 4.56. The number of hydrogen-bond acceptors (Lipinski definition) is 4. The van der Waals surface area contributed by atoms with Gasteiger partial charge in [0.2, 0.25) is 0 Å².